The molecule has 6 heteroatoms. The number of nitrogens with two attached hydrogens (primary N) is 1. The van der Waals surface area contributed by atoms with Crippen molar-refractivity contribution in [3.63, 3.8) is 0 Å². The molecule has 29 heavy (non-hydrogen) atoms. The third-order valence-electron chi connectivity index (χ3n) is 4.71. The summed E-state index contributed by atoms with van der Waals surface area (Å²) >= 11 is 1.51. The molecule has 0 bridgehead atoms. The van der Waals surface area contributed by atoms with E-state index in [1.165, 1.54) is 23.5 Å². The van der Waals surface area contributed by atoms with Crippen LogP contribution in [0.25, 0.3) is 21.2 Å². The second-order valence-corrected chi connectivity index (χ2v) is 7.86. The lowest BCUT2D eigenvalue weighted by Gasteiger charge is -2.08. The molecule has 0 aliphatic heterocycles. The van der Waals surface area contributed by atoms with Crippen molar-refractivity contribution < 1.29 is 18.0 Å². The van der Waals surface area contributed by atoms with Gasteiger partial charge in [0, 0.05) is 27.1 Å². The van der Waals surface area contributed by atoms with Gasteiger partial charge in [0.25, 0.3) is 0 Å². The zero-order valence-electron chi connectivity index (χ0n) is 15.2. The van der Waals surface area contributed by atoms with E-state index in [1.54, 1.807) is 18.2 Å². The Bertz CT molecular complexity index is 1210. The Morgan fingerprint density at radius 2 is 1.62 bits per heavy atom. The average Bonchev–Trinajstić information content (AvgIpc) is 3.10. The van der Waals surface area contributed by atoms with Crippen molar-refractivity contribution in [3.8, 4) is 11.1 Å². The van der Waals surface area contributed by atoms with Crippen LogP contribution in [-0.4, -0.2) is 5.91 Å². The smallest absolute Gasteiger partial charge is 0.366 e. The van der Waals surface area contributed by atoms with Crippen LogP contribution in [0.5, 0.6) is 0 Å². The highest BCUT2D eigenvalue weighted by molar-refractivity contribution is 7.19. The van der Waals surface area contributed by atoms with Crippen LogP contribution in [0.15, 0.2) is 72.8 Å². The van der Waals surface area contributed by atoms with Crippen LogP contribution in [0.1, 0.15) is 26.4 Å². The number of fused-ring (bicyclic) bond motifs is 1. The first-order chi connectivity index (χ1) is 13.8. The van der Waals surface area contributed by atoms with Gasteiger partial charge in [0.05, 0.1) is 5.56 Å². The number of amides is 1. The summed E-state index contributed by atoms with van der Waals surface area (Å²) < 4.78 is 39.9. The fourth-order valence-corrected chi connectivity index (χ4v) is 4.63. The second kappa shape index (κ2) is 7.37. The van der Waals surface area contributed by atoms with Crippen LogP contribution in [-0.2, 0) is 12.6 Å². The Morgan fingerprint density at radius 1 is 0.897 bits per heavy atom. The highest BCUT2D eigenvalue weighted by Crippen LogP contribution is 2.37. The van der Waals surface area contributed by atoms with Crippen LogP contribution in [0, 0.1) is 0 Å². The van der Waals surface area contributed by atoms with Gasteiger partial charge in [-0.15, -0.1) is 11.3 Å². The number of alkyl halides is 3. The van der Waals surface area contributed by atoms with E-state index >= 15 is 0 Å². The van der Waals surface area contributed by atoms with E-state index in [0.29, 0.717) is 17.5 Å². The Hall–Kier alpha value is -3.12. The molecule has 3 aromatic carbocycles. The summed E-state index contributed by atoms with van der Waals surface area (Å²) in [5.74, 6) is -0.502. The van der Waals surface area contributed by atoms with Crippen LogP contribution >= 0.6 is 11.3 Å². The lowest BCUT2D eigenvalue weighted by Crippen LogP contribution is -2.12. The van der Waals surface area contributed by atoms with Crippen LogP contribution < -0.4 is 5.73 Å². The van der Waals surface area contributed by atoms with E-state index in [4.69, 9.17) is 5.73 Å². The number of rotatable bonds is 4. The number of thiophene rings is 1. The molecular formula is C23H16F3NOS. The molecule has 0 saturated heterocycles. The molecule has 146 valence electrons. The van der Waals surface area contributed by atoms with Gasteiger partial charge in [0.2, 0.25) is 5.91 Å². The van der Waals surface area contributed by atoms with Crippen LogP contribution in [0.3, 0.4) is 0 Å². The standard InChI is InChI=1S/C23H16F3NOS/c24-23(25,26)16-7-3-5-14(11-16)12-17-13-15-6-4-10-19(21(15)29-17)18-8-1-2-9-20(18)22(27)28/h1-11,13H,12H2,(H2,27,28). The molecule has 0 aliphatic carbocycles. The first-order valence-corrected chi connectivity index (χ1v) is 9.71. The van der Waals surface area contributed by atoms with Gasteiger partial charge >= 0.3 is 6.18 Å². The number of benzene rings is 3. The minimum absolute atomic E-state index is 0.403. The predicted molar refractivity (Wildman–Crippen MR) is 110 cm³/mol. The number of carbonyl (C=O) groups excluding carboxylic acids is 1. The molecule has 2 nitrogen and oxygen atoms in total. The molecule has 0 fully saturated rings. The lowest BCUT2D eigenvalue weighted by molar-refractivity contribution is -0.137. The molecule has 0 atom stereocenters. The van der Waals surface area contributed by atoms with Gasteiger partial charge in [-0.1, -0.05) is 54.6 Å². The van der Waals surface area contributed by atoms with Gasteiger partial charge in [-0.2, -0.15) is 13.2 Å². The maximum Gasteiger partial charge on any atom is 0.416 e. The van der Waals surface area contributed by atoms with E-state index in [0.717, 1.165) is 32.2 Å². The van der Waals surface area contributed by atoms with Crippen LogP contribution in [0.4, 0.5) is 13.2 Å². The molecular weight excluding hydrogens is 395 g/mol. The summed E-state index contributed by atoms with van der Waals surface area (Å²) in [7, 11) is 0. The molecule has 4 aromatic rings. The normalized spacial score (nSPS) is 11.7. The molecule has 0 spiro atoms. The van der Waals surface area contributed by atoms with Gasteiger partial charge in [-0.05, 0) is 34.7 Å². The van der Waals surface area contributed by atoms with Crippen molar-refractivity contribution in [3.05, 3.63) is 94.4 Å². The molecule has 0 aliphatic rings. The van der Waals surface area contributed by atoms with Crippen molar-refractivity contribution in [2.45, 2.75) is 12.6 Å². The van der Waals surface area contributed by atoms with Crippen molar-refractivity contribution >= 4 is 27.3 Å². The SMILES string of the molecule is NC(=O)c1ccccc1-c1cccc2cc(Cc3cccc(C(F)(F)F)c3)sc12. The fourth-order valence-electron chi connectivity index (χ4n) is 3.41. The molecule has 1 heterocycles. The first-order valence-electron chi connectivity index (χ1n) is 8.90. The van der Waals surface area contributed by atoms with E-state index in [-0.39, 0.29) is 0 Å². The maximum atomic E-state index is 13.0. The Labute approximate surface area is 169 Å². The van der Waals surface area contributed by atoms with Crippen LogP contribution in [0.2, 0.25) is 0 Å². The third kappa shape index (κ3) is 3.89. The summed E-state index contributed by atoms with van der Waals surface area (Å²) in [6.07, 6.45) is -3.96. The van der Waals surface area contributed by atoms with Gasteiger partial charge in [-0.3, -0.25) is 4.79 Å². The minimum Gasteiger partial charge on any atom is -0.366 e. The monoisotopic (exact) mass is 411 g/mol. The highest BCUT2D eigenvalue weighted by atomic mass is 32.1. The fraction of sp³-hybridized carbons (Fsp3) is 0.0870. The number of hydrogen-bond donors (Lipinski definition) is 1. The van der Waals surface area contributed by atoms with E-state index < -0.39 is 17.6 Å². The number of primary amides is 1. The summed E-state index contributed by atoms with van der Waals surface area (Å²) in [5, 5.41) is 0.980. The summed E-state index contributed by atoms with van der Waals surface area (Å²) in [6, 6.07) is 20.3. The molecule has 0 saturated carbocycles. The third-order valence-corrected chi connectivity index (χ3v) is 5.89. The Balaban J connectivity index is 1.76. The largest absolute Gasteiger partial charge is 0.416 e. The van der Waals surface area contributed by atoms with Crippen molar-refractivity contribution in [1.82, 2.24) is 0 Å². The van der Waals surface area contributed by atoms with Crippen molar-refractivity contribution in [1.29, 1.82) is 0 Å². The predicted octanol–water partition coefficient (Wildman–Crippen LogP) is 6.28. The minimum atomic E-state index is -4.36. The molecule has 0 radical (unpaired) electrons. The van der Waals surface area contributed by atoms with E-state index in [1.807, 2.05) is 36.4 Å². The van der Waals surface area contributed by atoms with Gasteiger partial charge in [0.1, 0.15) is 0 Å². The second-order valence-electron chi connectivity index (χ2n) is 6.72. The molecule has 0 unspecified atom stereocenters. The lowest BCUT2D eigenvalue weighted by atomic mass is 9.98. The van der Waals surface area contributed by atoms with E-state index in [2.05, 4.69) is 0 Å². The van der Waals surface area contributed by atoms with E-state index in [9.17, 15) is 18.0 Å². The van der Waals surface area contributed by atoms with Gasteiger partial charge in [0.15, 0.2) is 0 Å². The topological polar surface area (TPSA) is 43.1 Å². The number of halogens is 3. The van der Waals surface area contributed by atoms with Crippen molar-refractivity contribution in [2.75, 3.05) is 0 Å². The zero-order chi connectivity index (χ0) is 20.6. The van der Waals surface area contributed by atoms with Gasteiger partial charge < -0.3 is 5.73 Å². The maximum absolute atomic E-state index is 13.0. The summed E-state index contributed by atoms with van der Waals surface area (Å²) in [4.78, 5) is 12.8. The highest BCUT2D eigenvalue weighted by Gasteiger charge is 2.30. The van der Waals surface area contributed by atoms with Crippen molar-refractivity contribution in [2.24, 2.45) is 5.73 Å². The number of hydrogen-bond acceptors (Lipinski definition) is 2. The average molecular weight is 411 g/mol. The quantitative estimate of drug-likeness (QED) is 0.422. The zero-order valence-corrected chi connectivity index (χ0v) is 16.0. The molecule has 4 rings (SSSR count). The molecule has 2 N–H and O–H groups in total. The Kier molecular flexibility index (Phi) is 4.88. The number of carbonyl (C=O) groups is 1. The molecule has 1 aromatic heterocycles. The first kappa shape index (κ1) is 19.2. The Morgan fingerprint density at radius 3 is 2.38 bits per heavy atom. The van der Waals surface area contributed by atoms with Gasteiger partial charge in [-0.25, -0.2) is 0 Å². The summed E-state index contributed by atoms with van der Waals surface area (Å²) in [6.45, 7) is 0. The molecule has 1 amide bonds. The summed E-state index contributed by atoms with van der Waals surface area (Å²) in [5.41, 5.74) is 7.55.